The molecule has 3 rings (SSSR count). The van der Waals surface area contributed by atoms with E-state index < -0.39 is 5.91 Å². The number of carbonyl (C=O) groups excluding carboxylic acids is 2. The van der Waals surface area contributed by atoms with Gasteiger partial charge >= 0.3 is 0 Å². The average Bonchev–Trinajstić information content (AvgIpc) is 2.72. The van der Waals surface area contributed by atoms with Gasteiger partial charge in [0.25, 0.3) is 11.8 Å². The van der Waals surface area contributed by atoms with Crippen LogP contribution in [0.25, 0.3) is 0 Å². The highest BCUT2D eigenvalue weighted by Gasteiger charge is 2.14. The molecule has 0 aliphatic heterocycles. The fourth-order valence-electron chi connectivity index (χ4n) is 2.50. The van der Waals surface area contributed by atoms with Gasteiger partial charge in [-0.25, -0.2) is 0 Å². The van der Waals surface area contributed by atoms with E-state index in [9.17, 15) is 9.59 Å². The summed E-state index contributed by atoms with van der Waals surface area (Å²) >= 11 is 6.08. The summed E-state index contributed by atoms with van der Waals surface area (Å²) in [5, 5.41) is 6.09. The van der Waals surface area contributed by atoms with E-state index in [4.69, 9.17) is 16.3 Å². The number of ether oxygens (including phenoxy) is 1. The van der Waals surface area contributed by atoms with Crippen LogP contribution in [-0.2, 0) is 0 Å². The summed E-state index contributed by atoms with van der Waals surface area (Å²) in [5.41, 5.74) is 2.40. The molecular formula is C21H18ClN3O3. The Balaban J connectivity index is 1.74. The second-order valence-corrected chi connectivity index (χ2v) is 6.39. The first-order valence-electron chi connectivity index (χ1n) is 8.46. The molecule has 28 heavy (non-hydrogen) atoms. The minimum atomic E-state index is -0.426. The molecule has 0 spiro atoms. The second kappa shape index (κ2) is 8.54. The lowest BCUT2D eigenvalue weighted by molar-refractivity contribution is 0.102. The molecule has 0 unspecified atom stereocenters. The van der Waals surface area contributed by atoms with Gasteiger partial charge in [0.15, 0.2) is 0 Å². The topological polar surface area (TPSA) is 80.3 Å². The molecule has 1 aromatic heterocycles. The predicted molar refractivity (Wildman–Crippen MR) is 109 cm³/mol. The largest absolute Gasteiger partial charge is 0.497 e. The van der Waals surface area contributed by atoms with Crippen LogP contribution in [0.4, 0.5) is 11.4 Å². The number of hydrogen-bond donors (Lipinski definition) is 2. The fourth-order valence-corrected chi connectivity index (χ4v) is 2.68. The molecule has 0 bridgehead atoms. The highest BCUT2D eigenvalue weighted by atomic mass is 35.5. The van der Waals surface area contributed by atoms with Crippen molar-refractivity contribution in [3.05, 3.63) is 82.6 Å². The van der Waals surface area contributed by atoms with Gasteiger partial charge in [0.2, 0.25) is 0 Å². The van der Waals surface area contributed by atoms with Crippen LogP contribution in [0.2, 0.25) is 5.02 Å². The smallest absolute Gasteiger partial charge is 0.274 e. The van der Waals surface area contributed by atoms with Crippen LogP contribution in [0.5, 0.6) is 5.75 Å². The first kappa shape index (κ1) is 19.4. The van der Waals surface area contributed by atoms with Crippen molar-refractivity contribution < 1.29 is 14.3 Å². The van der Waals surface area contributed by atoms with Gasteiger partial charge in [0.05, 0.1) is 7.11 Å². The maximum atomic E-state index is 12.5. The standard InChI is InChI=1S/C21H18ClN3O3/c1-13-17(22)4-3-5-18(13)25-21(27)19-12-14(10-11-23-19)20(26)24-15-6-8-16(28-2)9-7-15/h3-12H,1-2H3,(H,24,26)(H,25,27). The monoisotopic (exact) mass is 395 g/mol. The number of nitrogens with one attached hydrogen (secondary N) is 2. The van der Waals surface area contributed by atoms with Gasteiger partial charge in [-0.2, -0.15) is 0 Å². The van der Waals surface area contributed by atoms with E-state index in [2.05, 4.69) is 15.6 Å². The minimum Gasteiger partial charge on any atom is -0.497 e. The normalized spacial score (nSPS) is 10.2. The molecule has 7 heteroatoms. The third-order valence-electron chi connectivity index (χ3n) is 4.12. The van der Waals surface area contributed by atoms with Crippen LogP contribution >= 0.6 is 11.6 Å². The Hall–Kier alpha value is -3.38. The van der Waals surface area contributed by atoms with Crippen LogP contribution in [0.3, 0.4) is 0 Å². The van der Waals surface area contributed by atoms with E-state index in [0.717, 1.165) is 5.56 Å². The van der Waals surface area contributed by atoms with Gasteiger partial charge in [-0.1, -0.05) is 17.7 Å². The van der Waals surface area contributed by atoms with Crippen LogP contribution in [0.15, 0.2) is 60.8 Å². The number of benzene rings is 2. The zero-order chi connectivity index (χ0) is 20.1. The number of amides is 2. The van der Waals surface area contributed by atoms with E-state index >= 15 is 0 Å². The Morgan fingerprint density at radius 1 is 1.00 bits per heavy atom. The molecule has 0 saturated carbocycles. The van der Waals surface area contributed by atoms with Crippen molar-refractivity contribution in [1.29, 1.82) is 0 Å². The van der Waals surface area contributed by atoms with Crippen LogP contribution in [0.1, 0.15) is 26.4 Å². The number of rotatable bonds is 5. The molecule has 0 atom stereocenters. The Morgan fingerprint density at radius 2 is 1.75 bits per heavy atom. The average molecular weight is 396 g/mol. The van der Waals surface area contributed by atoms with Crippen LogP contribution < -0.4 is 15.4 Å². The molecule has 2 amide bonds. The molecule has 1 heterocycles. The second-order valence-electron chi connectivity index (χ2n) is 5.98. The Kier molecular flexibility index (Phi) is 5.91. The SMILES string of the molecule is COc1ccc(NC(=O)c2ccnc(C(=O)Nc3cccc(Cl)c3C)c2)cc1. The van der Waals surface area contributed by atoms with Crippen molar-refractivity contribution in [2.45, 2.75) is 6.92 Å². The molecule has 0 radical (unpaired) electrons. The van der Waals surface area contributed by atoms with Crippen molar-refractivity contribution in [2.24, 2.45) is 0 Å². The van der Waals surface area contributed by atoms with E-state index in [0.29, 0.717) is 27.7 Å². The van der Waals surface area contributed by atoms with Crippen molar-refractivity contribution in [1.82, 2.24) is 4.98 Å². The molecule has 3 aromatic rings. The highest BCUT2D eigenvalue weighted by Crippen LogP contribution is 2.23. The summed E-state index contributed by atoms with van der Waals surface area (Å²) < 4.78 is 5.09. The summed E-state index contributed by atoms with van der Waals surface area (Å²) in [5.74, 6) is -0.0813. The lowest BCUT2D eigenvalue weighted by Crippen LogP contribution is -2.17. The number of anilines is 2. The Bertz CT molecular complexity index is 1020. The number of carbonyl (C=O) groups is 2. The van der Waals surface area contributed by atoms with Crippen molar-refractivity contribution in [2.75, 3.05) is 17.7 Å². The zero-order valence-electron chi connectivity index (χ0n) is 15.3. The van der Waals surface area contributed by atoms with E-state index in [-0.39, 0.29) is 11.6 Å². The lowest BCUT2D eigenvalue weighted by atomic mass is 10.1. The number of halogens is 1. The molecule has 0 fully saturated rings. The molecule has 142 valence electrons. The zero-order valence-corrected chi connectivity index (χ0v) is 16.1. The van der Waals surface area contributed by atoms with Crippen molar-refractivity contribution >= 4 is 34.8 Å². The Labute approximate surface area is 167 Å². The summed E-state index contributed by atoms with van der Waals surface area (Å²) in [6, 6.07) is 15.2. The summed E-state index contributed by atoms with van der Waals surface area (Å²) in [6.45, 7) is 1.81. The lowest BCUT2D eigenvalue weighted by Gasteiger charge is -2.10. The van der Waals surface area contributed by atoms with Gasteiger partial charge in [0.1, 0.15) is 11.4 Å². The van der Waals surface area contributed by atoms with Gasteiger partial charge in [-0.3, -0.25) is 14.6 Å². The van der Waals surface area contributed by atoms with E-state index in [1.54, 1.807) is 55.6 Å². The minimum absolute atomic E-state index is 0.127. The first-order chi connectivity index (χ1) is 13.5. The number of hydrogen-bond acceptors (Lipinski definition) is 4. The number of pyridine rings is 1. The first-order valence-corrected chi connectivity index (χ1v) is 8.83. The summed E-state index contributed by atoms with van der Waals surface area (Å²) in [7, 11) is 1.57. The quantitative estimate of drug-likeness (QED) is 0.663. The third-order valence-corrected chi connectivity index (χ3v) is 4.53. The van der Waals surface area contributed by atoms with Crippen LogP contribution in [-0.4, -0.2) is 23.9 Å². The van der Waals surface area contributed by atoms with Gasteiger partial charge in [-0.15, -0.1) is 0 Å². The number of nitrogens with zero attached hydrogens (tertiary/aromatic N) is 1. The predicted octanol–water partition coefficient (Wildman–Crippen LogP) is 4.56. The molecule has 0 saturated heterocycles. The highest BCUT2D eigenvalue weighted by molar-refractivity contribution is 6.31. The molecule has 0 aliphatic rings. The summed E-state index contributed by atoms with van der Waals surface area (Å²) in [4.78, 5) is 29.1. The number of aromatic nitrogens is 1. The maximum absolute atomic E-state index is 12.5. The van der Waals surface area contributed by atoms with Gasteiger partial charge in [-0.05, 0) is 61.0 Å². The molecule has 6 nitrogen and oxygen atoms in total. The molecule has 2 aromatic carbocycles. The molecule has 0 aliphatic carbocycles. The molecular weight excluding hydrogens is 378 g/mol. The maximum Gasteiger partial charge on any atom is 0.274 e. The van der Waals surface area contributed by atoms with E-state index in [1.807, 2.05) is 6.92 Å². The van der Waals surface area contributed by atoms with Crippen LogP contribution in [0, 0.1) is 6.92 Å². The molecule has 2 N–H and O–H groups in total. The fraction of sp³-hybridized carbons (Fsp3) is 0.0952. The number of methoxy groups -OCH3 is 1. The van der Waals surface area contributed by atoms with E-state index in [1.165, 1.54) is 12.3 Å². The van der Waals surface area contributed by atoms with Crippen molar-refractivity contribution in [3.63, 3.8) is 0 Å². The van der Waals surface area contributed by atoms with Gasteiger partial charge in [0, 0.05) is 28.2 Å². The summed E-state index contributed by atoms with van der Waals surface area (Å²) in [6.07, 6.45) is 1.42. The third kappa shape index (κ3) is 4.47. The van der Waals surface area contributed by atoms with Crippen molar-refractivity contribution in [3.8, 4) is 5.75 Å². The Morgan fingerprint density at radius 3 is 2.46 bits per heavy atom. The van der Waals surface area contributed by atoms with Gasteiger partial charge < -0.3 is 15.4 Å².